The first-order valence-corrected chi connectivity index (χ1v) is 8.66. The van der Waals surface area contributed by atoms with Gasteiger partial charge in [-0.3, -0.25) is 0 Å². The van der Waals surface area contributed by atoms with E-state index in [0.717, 1.165) is 19.6 Å². The third-order valence-electron chi connectivity index (χ3n) is 4.62. The first-order valence-electron chi connectivity index (χ1n) is 8.66. The number of hydrogen-bond donors (Lipinski definition) is 2. The van der Waals surface area contributed by atoms with Crippen molar-refractivity contribution >= 4 is 0 Å². The summed E-state index contributed by atoms with van der Waals surface area (Å²) in [7, 11) is 0. The highest BCUT2D eigenvalue weighted by Gasteiger charge is 2.44. The van der Waals surface area contributed by atoms with E-state index in [1.54, 1.807) is 0 Å². The minimum absolute atomic E-state index is 0.181. The molecule has 0 bridgehead atoms. The zero-order valence-corrected chi connectivity index (χ0v) is 13.8. The van der Waals surface area contributed by atoms with E-state index in [2.05, 4.69) is 26.1 Å². The summed E-state index contributed by atoms with van der Waals surface area (Å²) in [5.74, 6) is 1.28. The molecule has 1 aliphatic rings. The molecule has 0 aromatic heterocycles. The molecule has 3 heteroatoms. The minimum Gasteiger partial charge on any atom is -0.394 e. The minimum atomic E-state index is -0.181. The van der Waals surface area contributed by atoms with Gasteiger partial charge >= 0.3 is 0 Å². The van der Waals surface area contributed by atoms with E-state index in [1.165, 1.54) is 38.5 Å². The monoisotopic (exact) mass is 285 g/mol. The molecular weight excluding hydrogens is 250 g/mol. The van der Waals surface area contributed by atoms with Gasteiger partial charge in [0.05, 0.1) is 18.8 Å². The van der Waals surface area contributed by atoms with Gasteiger partial charge in [0.15, 0.2) is 0 Å². The van der Waals surface area contributed by atoms with E-state index in [9.17, 15) is 5.11 Å². The standard InChI is InChI=1S/C17H35NO2/c1-4-7-8-15(6-3)12-20-14-17(13-19,16-9-10-16)18-11-5-2/h15-16,18-19H,4-14H2,1-3H3. The molecule has 0 amide bonds. The maximum Gasteiger partial charge on any atom is 0.0679 e. The van der Waals surface area contributed by atoms with Crippen molar-refractivity contribution in [3.8, 4) is 0 Å². The highest BCUT2D eigenvalue weighted by molar-refractivity contribution is 5.01. The predicted octanol–water partition coefficient (Wildman–Crippen LogP) is 3.36. The van der Waals surface area contributed by atoms with Gasteiger partial charge in [-0.25, -0.2) is 0 Å². The Morgan fingerprint density at radius 3 is 2.50 bits per heavy atom. The van der Waals surface area contributed by atoms with Gasteiger partial charge in [-0.2, -0.15) is 0 Å². The number of rotatable bonds is 13. The van der Waals surface area contributed by atoms with Crippen LogP contribution in [0.15, 0.2) is 0 Å². The normalized spacial score (nSPS) is 19.8. The molecule has 0 aliphatic heterocycles. The molecule has 2 atom stereocenters. The third-order valence-corrected chi connectivity index (χ3v) is 4.62. The predicted molar refractivity (Wildman–Crippen MR) is 85.0 cm³/mol. The van der Waals surface area contributed by atoms with Gasteiger partial charge in [0, 0.05) is 6.61 Å². The van der Waals surface area contributed by atoms with Crippen LogP contribution in [0.5, 0.6) is 0 Å². The Bertz CT molecular complexity index is 243. The average molecular weight is 285 g/mol. The van der Waals surface area contributed by atoms with Gasteiger partial charge in [-0.15, -0.1) is 0 Å². The number of aliphatic hydroxyl groups is 1. The van der Waals surface area contributed by atoms with Gasteiger partial charge in [0.2, 0.25) is 0 Å². The van der Waals surface area contributed by atoms with E-state index in [-0.39, 0.29) is 12.1 Å². The summed E-state index contributed by atoms with van der Waals surface area (Å²) in [6, 6.07) is 0. The number of ether oxygens (including phenoxy) is 1. The van der Waals surface area contributed by atoms with Gasteiger partial charge in [0.25, 0.3) is 0 Å². The van der Waals surface area contributed by atoms with Crippen LogP contribution in [0, 0.1) is 11.8 Å². The summed E-state index contributed by atoms with van der Waals surface area (Å²) in [5, 5.41) is 13.4. The van der Waals surface area contributed by atoms with Crippen molar-refractivity contribution in [3.05, 3.63) is 0 Å². The van der Waals surface area contributed by atoms with Crippen LogP contribution in [0.3, 0.4) is 0 Å². The Morgan fingerprint density at radius 2 is 2.00 bits per heavy atom. The fourth-order valence-electron chi connectivity index (χ4n) is 2.86. The first kappa shape index (κ1) is 17.9. The van der Waals surface area contributed by atoms with E-state index in [1.807, 2.05) is 0 Å². The van der Waals surface area contributed by atoms with Crippen molar-refractivity contribution in [1.82, 2.24) is 5.32 Å². The van der Waals surface area contributed by atoms with E-state index in [4.69, 9.17) is 4.74 Å². The molecule has 0 spiro atoms. The van der Waals surface area contributed by atoms with E-state index in [0.29, 0.717) is 18.4 Å². The van der Waals surface area contributed by atoms with Crippen molar-refractivity contribution < 1.29 is 9.84 Å². The summed E-state index contributed by atoms with van der Waals surface area (Å²) < 4.78 is 6.02. The fourth-order valence-corrected chi connectivity index (χ4v) is 2.86. The van der Waals surface area contributed by atoms with Crippen LogP contribution in [-0.4, -0.2) is 37.0 Å². The Hall–Kier alpha value is -0.120. The van der Waals surface area contributed by atoms with Crippen LogP contribution in [0.2, 0.25) is 0 Å². The zero-order chi connectivity index (χ0) is 14.8. The quantitative estimate of drug-likeness (QED) is 0.545. The van der Waals surface area contributed by atoms with Crippen molar-refractivity contribution in [3.63, 3.8) is 0 Å². The highest BCUT2D eigenvalue weighted by atomic mass is 16.5. The molecule has 20 heavy (non-hydrogen) atoms. The Labute approximate surface area is 125 Å². The lowest BCUT2D eigenvalue weighted by atomic mass is 9.94. The lowest BCUT2D eigenvalue weighted by molar-refractivity contribution is 0.00805. The van der Waals surface area contributed by atoms with Gasteiger partial charge in [-0.05, 0) is 44.1 Å². The number of nitrogens with one attached hydrogen (secondary N) is 1. The summed E-state index contributed by atoms with van der Waals surface area (Å²) >= 11 is 0. The van der Waals surface area contributed by atoms with E-state index < -0.39 is 0 Å². The maximum absolute atomic E-state index is 9.83. The topological polar surface area (TPSA) is 41.5 Å². The summed E-state index contributed by atoms with van der Waals surface area (Å²) in [6.07, 6.45) is 8.58. The molecule has 2 N–H and O–H groups in total. The van der Waals surface area contributed by atoms with Crippen molar-refractivity contribution in [2.45, 2.75) is 71.3 Å². The Balaban J connectivity index is 2.37. The summed E-state index contributed by atoms with van der Waals surface area (Å²) in [6.45, 7) is 9.33. The Morgan fingerprint density at radius 1 is 1.25 bits per heavy atom. The molecule has 0 aromatic carbocycles. The lowest BCUT2D eigenvalue weighted by Gasteiger charge is -2.34. The molecular formula is C17H35NO2. The van der Waals surface area contributed by atoms with E-state index >= 15 is 0 Å². The molecule has 1 fully saturated rings. The molecule has 1 saturated carbocycles. The molecule has 2 unspecified atom stereocenters. The molecule has 3 nitrogen and oxygen atoms in total. The second-order valence-corrected chi connectivity index (χ2v) is 6.45. The SMILES string of the molecule is CCCCC(CC)COCC(CO)(NCCC)C1CC1. The molecule has 1 rings (SSSR count). The molecule has 0 aromatic rings. The van der Waals surface area contributed by atoms with Gasteiger partial charge < -0.3 is 15.2 Å². The number of hydrogen-bond acceptors (Lipinski definition) is 3. The highest BCUT2D eigenvalue weighted by Crippen LogP contribution is 2.39. The van der Waals surface area contributed by atoms with Crippen LogP contribution >= 0.6 is 0 Å². The molecule has 120 valence electrons. The first-order chi connectivity index (χ1) is 9.72. The third kappa shape index (κ3) is 5.71. The smallest absolute Gasteiger partial charge is 0.0679 e. The lowest BCUT2D eigenvalue weighted by Crippen LogP contribution is -2.54. The summed E-state index contributed by atoms with van der Waals surface area (Å²) in [5.41, 5.74) is -0.181. The van der Waals surface area contributed by atoms with Gasteiger partial charge in [-0.1, -0.05) is 40.0 Å². The molecule has 0 heterocycles. The van der Waals surface area contributed by atoms with Crippen LogP contribution in [0.25, 0.3) is 0 Å². The Kier molecular flexibility index (Phi) is 8.74. The number of aliphatic hydroxyl groups excluding tert-OH is 1. The second kappa shape index (κ2) is 9.75. The van der Waals surface area contributed by atoms with Crippen molar-refractivity contribution in [1.29, 1.82) is 0 Å². The fraction of sp³-hybridized carbons (Fsp3) is 1.00. The second-order valence-electron chi connectivity index (χ2n) is 6.45. The van der Waals surface area contributed by atoms with Gasteiger partial charge in [0.1, 0.15) is 0 Å². The average Bonchev–Trinajstić information content (AvgIpc) is 3.31. The van der Waals surface area contributed by atoms with Crippen LogP contribution < -0.4 is 5.32 Å². The molecule has 1 aliphatic carbocycles. The summed E-state index contributed by atoms with van der Waals surface area (Å²) in [4.78, 5) is 0. The maximum atomic E-state index is 9.83. The van der Waals surface area contributed by atoms with Crippen LogP contribution in [0.4, 0.5) is 0 Å². The molecule has 0 radical (unpaired) electrons. The largest absolute Gasteiger partial charge is 0.394 e. The molecule has 0 saturated heterocycles. The number of unbranched alkanes of at least 4 members (excludes halogenated alkanes) is 1. The van der Waals surface area contributed by atoms with Crippen molar-refractivity contribution in [2.24, 2.45) is 11.8 Å². The van der Waals surface area contributed by atoms with Crippen LogP contribution in [0.1, 0.15) is 65.7 Å². The van der Waals surface area contributed by atoms with Crippen LogP contribution in [-0.2, 0) is 4.74 Å². The zero-order valence-electron chi connectivity index (χ0n) is 13.8. The van der Waals surface area contributed by atoms with Crippen molar-refractivity contribution in [2.75, 3.05) is 26.4 Å².